The monoisotopic (exact) mass is 359 g/mol. The van der Waals surface area contributed by atoms with E-state index in [1.807, 2.05) is 0 Å². The van der Waals surface area contributed by atoms with Crippen molar-refractivity contribution in [1.29, 1.82) is 0 Å². The molecule has 0 unspecified atom stereocenters. The van der Waals surface area contributed by atoms with E-state index in [0.717, 1.165) is 17.7 Å². The van der Waals surface area contributed by atoms with Crippen molar-refractivity contribution >= 4 is 10.0 Å². The van der Waals surface area contributed by atoms with Gasteiger partial charge in [0.1, 0.15) is 12.4 Å². The van der Waals surface area contributed by atoms with Crippen LogP contribution in [0, 0.1) is 6.92 Å². The number of halogens is 3. The van der Waals surface area contributed by atoms with Crippen molar-refractivity contribution in [1.82, 2.24) is 4.72 Å². The second-order valence-electron chi connectivity index (χ2n) is 5.09. The Kier molecular flexibility index (Phi) is 5.51. The standard InChI is InChI=1S/C16H16F3NO3S/c1-12-4-2-7-15(10-12)24(21,22)20-8-9-23-14-6-3-5-13(11-14)16(17,18)19/h2-7,10-11,20H,8-9H2,1H3. The molecule has 2 aromatic carbocycles. The molecule has 8 heteroatoms. The maximum absolute atomic E-state index is 12.6. The van der Waals surface area contributed by atoms with Gasteiger partial charge in [0.2, 0.25) is 10.0 Å². The van der Waals surface area contributed by atoms with Crippen molar-refractivity contribution in [3.63, 3.8) is 0 Å². The molecule has 0 aliphatic rings. The average molecular weight is 359 g/mol. The third kappa shape index (κ3) is 4.97. The van der Waals surface area contributed by atoms with Crippen LogP contribution in [0.5, 0.6) is 5.75 Å². The SMILES string of the molecule is Cc1cccc(S(=O)(=O)NCCOc2cccc(C(F)(F)F)c2)c1. The van der Waals surface area contributed by atoms with Crippen molar-refractivity contribution in [2.45, 2.75) is 18.0 Å². The second kappa shape index (κ2) is 7.23. The summed E-state index contributed by atoms with van der Waals surface area (Å²) in [5.41, 5.74) is -0.0153. The molecule has 2 rings (SSSR count). The summed E-state index contributed by atoms with van der Waals surface area (Å²) >= 11 is 0. The van der Waals surface area contributed by atoms with Gasteiger partial charge < -0.3 is 4.74 Å². The van der Waals surface area contributed by atoms with E-state index in [4.69, 9.17) is 4.74 Å². The number of aryl methyl sites for hydroxylation is 1. The lowest BCUT2D eigenvalue weighted by molar-refractivity contribution is -0.137. The number of hydrogen-bond donors (Lipinski definition) is 1. The van der Waals surface area contributed by atoms with Crippen LogP contribution in [0.15, 0.2) is 53.4 Å². The molecule has 0 aromatic heterocycles. The zero-order valence-corrected chi connectivity index (χ0v) is 13.6. The van der Waals surface area contributed by atoms with Crippen molar-refractivity contribution in [2.24, 2.45) is 0 Å². The smallest absolute Gasteiger partial charge is 0.416 e. The first-order chi connectivity index (χ1) is 11.2. The lowest BCUT2D eigenvalue weighted by Gasteiger charge is -2.11. The molecule has 4 nitrogen and oxygen atoms in total. The van der Waals surface area contributed by atoms with Gasteiger partial charge in [0.15, 0.2) is 0 Å². The summed E-state index contributed by atoms with van der Waals surface area (Å²) in [5.74, 6) is 0.0274. The average Bonchev–Trinajstić information content (AvgIpc) is 2.51. The number of ether oxygens (including phenoxy) is 1. The zero-order chi connectivity index (χ0) is 17.8. The second-order valence-corrected chi connectivity index (χ2v) is 6.86. The molecule has 0 atom stereocenters. The highest BCUT2D eigenvalue weighted by atomic mass is 32.2. The first-order valence-corrected chi connectivity index (χ1v) is 8.53. The first kappa shape index (κ1) is 18.3. The Morgan fingerprint density at radius 3 is 2.46 bits per heavy atom. The van der Waals surface area contributed by atoms with E-state index in [1.165, 1.54) is 24.3 Å². The van der Waals surface area contributed by atoms with E-state index in [0.29, 0.717) is 0 Å². The molecule has 2 aromatic rings. The van der Waals surface area contributed by atoms with Crippen LogP contribution < -0.4 is 9.46 Å². The van der Waals surface area contributed by atoms with Gasteiger partial charge in [0.05, 0.1) is 10.5 Å². The molecular weight excluding hydrogens is 343 g/mol. The topological polar surface area (TPSA) is 55.4 Å². The molecule has 0 bridgehead atoms. The zero-order valence-electron chi connectivity index (χ0n) is 12.8. The van der Waals surface area contributed by atoms with Crippen LogP contribution in [-0.4, -0.2) is 21.6 Å². The van der Waals surface area contributed by atoms with Gasteiger partial charge in [-0.05, 0) is 42.8 Å². The lowest BCUT2D eigenvalue weighted by Crippen LogP contribution is -2.28. The summed E-state index contributed by atoms with van der Waals surface area (Å²) < 4.78 is 69.4. The Bertz CT molecular complexity index is 804. The fraction of sp³-hybridized carbons (Fsp3) is 0.250. The lowest BCUT2D eigenvalue weighted by atomic mass is 10.2. The molecule has 130 valence electrons. The van der Waals surface area contributed by atoms with E-state index in [1.54, 1.807) is 19.1 Å². The third-order valence-corrected chi connectivity index (χ3v) is 4.58. The number of nitrogens with one attached hydrogen (secondary N) is 1. The van der Waals surface area contributed by atoms with Gasteiger partial charge in [-0.15, -0.1) is 0 Å². The van der Waals surface area contributed by atoms with Gasteiger partial charge in [0.25, 0.3) is 0 Å². The van der Waals surface area contributed by atoms with Gasteiger partial charge in [-0.2, -0.15) is 13.2 Å². The highest BCUT2D eigenvalue weighted by molar-refractivity contribution is 7.89. The van der Waals surface area contributed by atoms with Crippen LogP contribution >= 0.6 is 0 Å². The number of benzene rings is 2. The minimum atomic E-state index is -4.45. The minimum absolute atomic E-state index is 0.0274. The predicted octanol–water partition coefficient (Wildman–Crippen LogP) is 3.37. The van der Waals surface area contributed by atoms with Crippen LogP contribution in [0.3, 0.4) is 0 Å². The van der Waals surface area contributed by atoms with Gasteiger partial charge >= 0.3 is 6.18 Å². The Morgan fingerprint density at radius 2 is 1.79 bits per heavy atom. The molecule has 0 spiro atoms. The predicted molar refractivity (Wildman–Crippen MR) is 83.3 cm³/mol. The molecule has 24 heavy (non-hydrogen) atoms. The Labute approximate surface area is 138 Å². The Morgan fingerprint density at radius 1 is 1.08 bits per heavy atom. The molecule has 0 heterocycles. The van der Waals surface area contributed by atoms with E-state index < -0.39 is 21.8 Å². The molecule has 0 aliphatic heterocycles. The normalized spacial score (nSPS) is 12.2. The molecule has 0 fully saturated rings. The molecular formula is C16H16F3NO3S. The van der Waals surface area contributed by atoms with Crippen LogP contribution in [0.25, 0.3) is 0 Å². The summed E-state index contributed by atoms with van der Waals surface area (Å²) in [4.78, 5) is 0.126. The van der Waals surface area contributed by atoms with Crippen LogP contribution in [-0.2, 0) is 16.2 Å². The van der Waals surface area contributed by atoms with Gasteiger partial charge in [-0.1, -0.05) is 18.2 Å². The molecule has 1 N–H and O–H groups in total. The Balaban J connectivity index is 1.91. The maximum Gasteiger partial charge on any atom is 0.416 e. The number of alkyl halides is 3. The number of rotatable bonds is 6. The number of hydrogen-bond acceptors (Lipinski definition) is 3. The molecule has 0 radical (unpaired) electrons. The van der Waals surface area contributed by atoms with Crippen LogP contribution in [0.2, 0.25) is 0 Å². The van der Waals surface area contributed by atoms with Crippen LogP contribution in [0.4, 0.5) is 13.2 Å². The van der Waals surface area contributed by atoms with Crippen molar-refractivity contribution in [3.8, 4) is 5.75 Å². The molecule has 0 aliphatic carbocycles. The fourth-order valence-corrected chi connectivity index (χ4v) is 3.09. The summed E-state index contributed by atoms with van der Waals surface area (Å²) in [6.45, 7) is 1.62. The van der Waals surface area contributed by atoms with Crippen molar-refractivity contribution < 1.29 is 26.3 Å². The highest BCUT2D eigenvalue weighted by Crippen LogP contribution is 2.31. The van der Waals surface area contributed by atoms with E-state index in [9.17, 15) is 21.6 Å². The maximum atomic E-state index is 12.6. The minimum Gasteiger partial charge on any atom is -0.492 e. The number of sulfonamides is 1. The largest absolute Gasteiger partial charge is 0.492 e. The van der Waals surface area contributed by atoms with E-state index in [2.05, 4.69) is 4.72 Å². The van der Waals surface area contributed by atoms with E-state index >= 15 is 0 Å². The molecule has 0 saturated heterocycles. The summed E-state index contributed by atoms with van der Waals surface area (Å²) in [5, 5.41) is 0. The van der Waals surface area contributed by atoms with Gasteiger partial charge in [-0.25, -0.2) is 13.1 Å². The fourth-order valence-electron chi connectivity index (χ4n) is 1.97. The summed E-state index contributed by atoms with van der Waals surface area (Å²) in [6.07, 6.45) is -4.45. The van der Waals surface area contributed by atoms with Gasteiger partial charge in [0, 0.05) is 6.54 Å². The van der Waals surface area contributed by atoms with Gasteiger partial charge in [-0.3, -0.25) is 0 Å². The van der Waals surface area contributed by atoms with Crippen LogP contribution in [0.1, 0.15) is 11.1 Å². The van der Waals surface area contributed by atoms with E-state index in [-0.39, 0.29) is 23.8 Å². The summed E-state index contributed by atoms with van der Waals surface area (Å²) in [6, 6.07) is 10.8. The first-order valence-electron chi connectivity index (χ1n) is 7.05. The van der Waals surface area contributed by atoms with Crippen molar-refractivity contribution in [3.05, 3.63) is 59.7 Å². The third-order valence-electron chi connectivity index (χ3n) is 3.12. The Hall–Kier alpha value is -2.06. The molecule has 0 saturated carbocycles. The molecule has 0 amide bonds. The quantitative estimate of drug-likeness (QED) is 0.805. The summed E-state index contributed by atoms with van der Waals surface area (Å²) in [7, 11) is -3.68. The van der Waals surface area contributed by atoms with Crippen molar-refractivity contribution in [2.75, 3.05) is 13.2 Å². The highest BCUT2D eigenvalue weighted by Gasteiger charge is 2.30.